The molecule has 0 aliphatic heterocycles. The highest BCUT2D eigenvalue weighted by atomic mass is 32.1. The van der Waals surface area contributed by atoms with Gasteiger partial charge >= 0.3 is 0 Å². The van der Waals surface area contributed by atoms with Crippen LogP contribution < -0.4 is 5.32 Å². The van der Waals surface area contributed by atoms with Crippen LogP contribution in [0.3, 0.4) is 0 Å². The summed E-state index contributed by atoms with van der Waals surface area (Å²) in [5.41, 5.74) is 2.47. The van der Waals surface area contributed by atoms with Crippen molar-refractivity contribution in [1.82, 2.24) is 10.2 Å². The van der Waals surface area contributed by atoms with Crippen LogP contribution in [0.25, 0.3) is 11.6 Å². The molecule has 1 fully saturated rings. The van der Waals surface area contributed by atoms with Crippen molar-refractivity contribution in [2.75, 3.05) is 5.32 Å². The van der Waals surface area contributed by atoms with Gasteiger partial charge in [0.1, 0.15) is 5.01 Å². The van der Waals surface area contributed by atoms with E-state index in [4.69, 9.17) is 0 Å². The Morgan fingerprint density at radius 2 is 1.61 bits per heavy atom. The van der Waals surface area contributed by atoms with E-state index < -0.39 is 0 Å². The van der Waals surface area contributed by atoms with Crippen molar-refractivity contribution in [3.05, 3.63) is 76.8 Å². The summed E-state index contributed by atoms with van der Waals surface area (Å²) in [4.78, 5) is 13.1. The second-order valence-electron chi connectivity index (χ2n) is 7.07. The highest BCUT2D eigenvalue weighted by Crippen LogP contribution is 2.35. The zero-order chi connectivity index (χ0) is 19.2. The maximum absolute atomic E-state index is 13.1. The summed E-state index contributed by atoms with van der Waals surface area (Å²) in [6.45, 7) is 0. The van der Waals surface area contributed by atoms with Gasteiger partial charge in [-0.25, -0.2) is 0 Å². The number of rotatable bonds is 5. The second kappa shape index (κ2) is 8.93. The van der Waals surface area contributed by atoms with Crippen LogP contribution >= 0.6 is 11.3 Å². The lowest BCUT2D eigenvalue weighted by molar-refractivity contribution is -0.111. The Morgan fingerprint density at radius 3 is 2.32 bits per heavy atom. The SMILES string of the molecule is O=C(Nc1nnc(C2CCCCC2)s1)/C(=C\c1ccccc1)c1ccccc1. The number of carbonyl (C=O) groups is 1. The first-order chi connectivity index (χ1) is 13.8. The molecule has 1 saturated carbocycles. The summed E-state index contributed by atoms with van der Waals surface area (Å²) in [6, 6.07) is 19.6. The molecule has 1 aliphatic rings. The lowest BCUT2D eigenvalue weighted by atomic mass is 9.90. The lowest BCUT2D eigenvalue weighted by Gasteiger charge is -2.18. The van der Waals surface area contributed by atoms with E-state index in [9.17, 15) is 4.79 Å². The molecule has 0 saturated heterocycles. The molecule has 0 atom stereocenters. The third-order valence-electron chi connectivity index (χ3n) is 5.06. The van der Waals surface area contributed by atoms with E-state index >= 15 is 0 Å². The van der Waals surface area contributed by atoms with Gasteiger partial charge in [0, 0.05) is 11.5 Å². The summed E-state index contributed by atoms with van der Waals surface area (Å²) in [5.74, 6) is 0.326. The quantitative estimate of drug-likeness (QED) is 0.445. The van der Waals surface area contributed by atoms with Gasteiger partial charge in [-0.2, -0.15) is 0 Å². The Kier molecular flexibility index (Phi) is 5.92. The molecule has 1 amide bonds. The fourth-order valence-corrected chi connectivity index (χ4v) is 4.49. The molecular weight excluding hydrogens is 366 g/mol. The number of aromatic nitrogens is 2. The molecule has 1 aliphatic carbocycles. The average molecular weight is 390 g/mol. The molecule has 1 aromatic heterocycles. The van der Waals surface area contributed by atoms with Crippen LogP contribution in [0.5, 0.6) is 0 Å². The molecule has 0 bridgehead atoms. The summed E-state index contributed by atoms with van der Waals surface area (Å²) in [5, 5.41) is 13.1. The molecular formula is C23H23N3OS. The highest BCUT2D eigenvalue weighted by Gasteiger charge is 2.21. The van der Waals surface area contributed by atoms with Crippen molar-refractivity contribution in [3.63, 3.8) is 0 Å². The normalized spacial score (nSPS) is 15.4. The van der Waals surface area contributed by atoms with Gasteiger partial charge in [0.15, 0.2) is 0 Å². The minimum absolute atomic E-state index is 0.165. The fraction of sp³-hybridized carbons (Fsp3) is 0.261. The second-order valence-corrected chi connectivity index (χ2v) is 8.08. The van der Waals surface area contributed by atoms with Crippen LogP contribution in [0.4, 0.5) is 5.13 Å². The first kappa shape index (κ1) is 18.6. The number of hydrogen-bond donors (Lipinski definition) is 1. The van der Waals surface area contributed by atoms with Gasteiger partial charge in [-0.1, -0.05) is 91.3 Å². The number of anilines is 1. The minimum atomic E-state index is -0.165. The van der Waals surface area contributed by atoms with Crippen LogP contribution in [0.2, 0.25) is 0 Å². The van der Waals surface area contributed by atoms with Crippen molar-refractivity contribution < 1.29 is 4.79 Å². The van der Waals surface area contributed by atoms with E-state index in [-0.39, 0.29) is 5.91 Å². The van der Waals surface area contributed by atoms with Gasteiger partial charge in [-0.3, -0.25) is 10.1 Å². The number of benzene rings is 2. The van der Waals surface area contributed by atoms with E-state index in [2.05, 4.69) is 15.5 Å². The van der Waals surface area contributed by atoms with Crippen molar-refractivity contribution in [3.8, 4) is 0 Å². The Hall–Kier alpha value is -2.79. The first-order valence-corrected chi connectivity index (χ1v) is 10.6. The van der Waals surface area contributed by atoms with Crippen LogP contribution in [0, 0.1) is 0 Å². The van der Waals surface area contributed by atoms with E-state index in [1.165, 1.54) is 43.4 Å². The Balaban J connectivity index is 1.56. The minimum Gasteiger partial charge on any atom is -0.296 e. The number of amides is 1. The number of nitrogens with one attached hydrogen (secondary N) is 1. The monoisotopic (exact) mass is 389 g/mol. The zero-order valence-electron chi connectivity index (χ0n) is 15.7. The van der Waals surface area contributed by atoms with E-state index in [1.807, 2.05) is 66.7 Å². The Bertz CT molecular complexity index is 944. The molecule has 142 valence electrons. The van der Waals surface area contributed by atoms with Crippen molar-refractivity contribution in [1.29, 1.82) is 0 Å². The van der Waals surface area contributed by atoms with Gasteiger partial charge < -0.3 is 0 Å². The summed E-state index contributed by atoms with van der Waals surface area (Å²) < 4.78 is 0. The average Bonchev–Trinajstić information content (AvgIpc) is 3.22. The molecule has 1 N–H and O–H groups in total. The van der Waals surface area contributed by atoms with E-state index in [0.29, 0.717) is 16.6 Å². The predicted molar refractivity (Wildman–Crippen MR) is 115 cm³/mol. The maximum atomic E-state index is 13.1. The molecule has 5 heteroatoms. The summed E-state index contributed by atoms with van der Waals surface area (Å²) in [6.07, 6.45) is 8.07. The molecule has 0 radical (unpaired) electrons. The Labute approximate surface area is 169 Å². The molecule has 2 aromatic carbocycles. The fourth-order valence-electron chi connectivity index (χ4n) is 3.58. The lowest BCUT2D eigenvalue weighted by Crippen LogP contribution is -2.13. The van der Waals surface area contributed by atoms with Crippen molar-refractivity contribution in [2.45, 2.75) is 38.0 Å². The van der Waals surface area contributed by atoms with Crippen LogP contribution in [0.15, 0.2) is 60.7 Å². The van der Waals surface area contributed by atoms with Gasteiger partial charge in [-0.15, -0.1) is 10.2 Å². The van der Waals surface area contributed by atoms with E-state index in [0.717, 1.165) is 16.1 Å². The maximum Gasteiger partial charge on any atom is 0.258 e. The third-order valence-corrected chi connectivity index (χ3v) is 6.06. The highest BCUT2D eigenvalue weighted by molar-refractivity contribution is 7.15. The Morgan fingerprint density at radius 1 is 0.929 bits per heavy atom. The first-order valence-electron chi connectivity index (χ1n) is 9.76. The van der Waals surface area contributed by atoms with Crippen LogP contribution in [0.1, 0.15) is 54.2 Å². The standard InChI is InChI=1S/C23H23N3OS/c27-21(24-23-26-25-22(28-23)19-14-8-3-9-15-19)20(18-12-6-2-7-13-18)16-17-10-4-1-5-11-17/h1-2,4-7,10-13,16,19H,3,8-9,14-15H2,(H,24,26,27)/b20-16-. The largest absolute Gasteiger partial charge is 0.296 e. The molecule has 3 aromatic rings. The molecule has 0 spiro atoms. The van der Waals surface area contributed by atoms with Gasteiger partial charge in [0.05, 0.1) is 0 Å². The van der Waals surface area contributed by atoms with Gasteiger partial charge in [0.25, 0.3) is 5.91 Å². The molecule has 28 heavy (non-hydrogen) atoms. The van der Waals surface area contributed by atoms with Gasteiger partial charge in [-0.05, 0) is 30.0 Å². The smallest absolute Gasteiger partial charge is 0.258 e. The summed E-state index contributed by atoms with van der Waals surface area (Å²) in [7, 11) is 0. The van der Waals surface area contributed by atoms with Crippen molar-refractivity contribution in [2.24, 2.45) is 0 Å². The topological polar surface area (TPSA) is 54.9 Å². The van der Waals surface area contributed by atoms with Crippen LogP contribution in [-0.2, 0) is 4.79 Å². The predicted octanol–water partition coefficient (Wildman–Crippen LogP) is 5.77. The third kappa shape index (κ3) is 4.54. The van der Waals surface area contributed by atoms with Gasteiger partial charge in [0.2, 0.25) is 5.13 Å². The summed E-state index contributed by atoms with van der Waals surface area (Å²) >= 11 is 1.51. The number of nitrogens with zero attached hydrogens (tertiary/aromatic N) is 2. The molecule has 4 nitrogen and oxygen atoms in total. The molecule has 0 unspecified atom stereocenters. The van der Waals surface area contributed by atoms with Crippen molar-refractivity contribution >= 4 is 34.0 Å². The molecule has 1 heterocycles. The number of hydrogen-bond acceptors (Lipinski definition) is 4. The number of carbonyl (C=O) groups excluding carboxylic acids is 1. The van der Waals surface area contributed by atoms with E-state index in [1.54, 1.807) is 0 Å². The molecule has 4 rings (SSSR count). The zero-order valence-corrected chi connectivity index (χ0v) is 16.5. The van der Waals surface area contributed by atoms with Crippen LogP contribution in [-0.4, -0.2) is 16.1 Å².